The predicted molar refractivity (Wildman–Crippen MR) is 147 cm³/mol. The summed E-state index contributed by atoms with van der Waals surface area (Å²) in [5, 5.41) is 13.0. The molecule has 3 heterocycles. The van der Waals surface area contributed by atoms with Gasteiger partial charge in [0.2, 0.25) is 5.43 Å². The van der Waals surface area contributed by atoms with Crippen LogP contribution in [0.3, 0.4) is 0 Å². The summed E-state index contributed by atoms with van der Waals surface area (Å²) in [7, 11) is 0. The van der Waals surface area contributed by atoms with Gasteiger partial charge in [0.15, 0.2) is 11.4 Å². The maximum Gasteiger partial charge on any atom is 0.278 e. The molecule has 37 heavy (non-hydrogen) atoms. The molecule has 1 unspecified atom stereocenters. The molecule has 192 valence electrons. The molecule has 2 aromatic carbocycles. The number of hydrogen-bond acceptors (Lipinski definition) is 6. The lowest BCUT2D eigenvalue weighted by Gasteiger charge is -2.46. The summed E-state index contributed by atoms with van der Waals surface area (Å²) in [6.07, 6.45) is 3.51. The Hall–Kier alpha value is -3.23. The van der Waals surface area contributed by atoms with E-state index in [0.29, 0.717) is 6.67 Å². The number of hydrogen-bond donors (Lipinski definition) is 1. The fourth-order valence-electron chi connectivity index (χ4n) is 5.97. The van der Waals surface area contributed by atoms with Crippen LogP contribution in [0.15, 0.2) is 65.6 Å². The first-order valence-corrected chi connectivity index (χ1v) is 14.2. The Morgan fingerprint density at radius 2 is 1.57 bits per heavy atom. The number of carbonyl (C=O) groups excluding carboxylic acids is 1. The van der Waals surface area contributed by atoms with Crippen LogP contribution in [0.5, 0.6) is 5.75 Å². The third-order valence-electron chi connectivity index (χ3n) is 7.91. The highest BCUT2D eigenvalue weighted by Gasteiger charge is 2.40. The molecule has 7 nitrogen and oxygen atoms in total. The molecule has 1 atom stereocenters. The maximum absolute atomic E-state index is 13.8. The SMILES string of the molecule is CC(CN1CCSCC1)N1CN(C2c3ccccc3CCc3ccccc32)n2ccc(=O)c(O)c2C1=O. The van der Waals surface area contributed by atoms with Crippen molar-refractivity contribution in [1.29, 1.82) is 0 Å². The Morgan fingerprint density at radius 3 is 2.22 bits per heavy atom. The van der Waals surface area contributed by atoms with Crippen molar-refractivity contribution in [1.82, 2.24) is 14.5 Å². The van der Waals surface area contributed by atoms with E-state index in [9.17, 15) is 14.7 Å². The smallest absolute Gasteiger partial charge is 0.278 e. The zero-order valence-electron chi connectivity index (χ0n) is 21.0. The number of pyridine rings is 1. The van der Waals surface area contributed by atoms with Gasteiger partial charge >= 0.3 is 0 Å². The molecule has 3 aromatic rings. The molecular formula is C29H32N4O3S. The highest BCUT2D eigenvalue weighted by Crippen LogP contribution is 2.38. The number of carbonyl (C=O) groups is 1. The standard InChI is InChI=1S/C29H32N4O3S/c1-20(18-30-14-16-37-17-15-30)31-19-33(32-13-12-25(34)28(35)27(32)29(31)36)26-23-8-4-2-6-21(23)10-11-22-7-3-5-9-24(22)26/h2-9,12-13,20,26,35H,10-11,14-19H2,1H3. The highest BCUT2D eigenvalue weighted by molar-refractivity contribution is 7.99. The van der Waals surface area contributed by atoms with Crippen molar-refractivity contribution in [2.24, 2.45) is 0 Å². The van der Waals surface area contributed by atoms with Crippen molar-refractivity contribution >= 4 is 17.7 Å². The fraction of sp³-hybridized carbons (Fsp3) is 0.379. The lowest BCUT2D eigenvalue weighted by atomic mass is 9.94. The number of thioether (sulfide) groups is 1. The van der Waals surface area contributed by atoms with Gasteiger partial charge in [-0.3, -0.25) is 24.2 Å². The molecule has 1 aromatic heterocycles. The largest absolute Gasteiger partial charge is 0.502 e. The van der Waals surface area contributed by atoms with E-state index in [0.717, 1.165) is 44.0 Å². The second kappa shape index (κ2) is 9.91. The van der Waals surface area contributed by atoms with Crippen LogP contribution in [0.4, 0.5) is 0 Å². The van der Waals surface area contributed by atoms with E-state index in [4.69, 9.17) is 0 Å². The number of rotatable bonds is 4. The Morgan fingerprint density at radius 1 is 0.946 bits per heavy atom. The van der Waals surface area contributed by atoms with Gasteiger partial charge in [0.1, 0.15) is 6.67 Å². The number of aryl methyl sites for hydroxylation is 2. The first kappa shape index (κ1) is 24.1. The van der Waals surface area contributed by atoms with Crippen molar-refractivity contribution in [2.45, 2.75) is 31.8 Å². The molecule has 3 aliphatic rings. The Balaban J connectivity index is 1.48. The van der Waals surface area contributed by atoms with Crippen LogP contribution in [-0.2, 0) is 12.8 Å². The van der Waals surface area contributed by atoms with E-state index in [1.807, 2.05) is 16.7 Å². The van der Waals surface area contributed by atoms with Gasteiger partial charge in [-0.1, -0.05) is 48.5 Å². The second-order valence-electron chi connectivity index (χ2n) is 10.1. The van der Waals surface area contributed by atoms with Crippen LogP contribution in [0.25, 0.3) is 0 Å². The summed E-state index contributed by atoms with van der Waals surface area (Å²) in [5.74, 6) is 1.41. The summed E-state index contributed by atoms with van der Waals surface area (Å²) < 4.78 is 1.71. The Labute approximate surface area is 221 Å². The lowest BCUT2D eigenvalue weighted by molar-refractivity contribution is 0.0560. The van der Waals surface area contributed by atoms with E-state index in [-0.39, 0.29) is 23.7 Å². The van der Waals surface area contributed by atoms with Crippen molar-refractivity contribution in [3.05, 3.63) is 99.0 Å². The number of amides is 1. The van der Waals surface area contributed by atoms with Crippen LogP contribution >= 0.6 is 11.8 Å². The van der Waals surface area contributed by atoms with E-state index >= 15 is 0 Å². The molecule has 0 bridgehead atoms. The van der Waals surface area contributed by atoms with E-state index < -0.39 is 11.2 Å². The maximum atomic E-state index is 13.8. The summed E-state index contributed by atoms with van der Waals surface area (Å²) >= 11 is 1.96. The molecule has 1 fully saturated rings. The first-order valence-electron chi connectivity index (χ1n) is 13.0. The van der Waals surface area contributed by atoms with Gasteiger partial charge in [-0.05, 0) is 42.0 Å². The van der Waals surface area contributed by atoms with Crippen LogP contribution < -0.4 is 10.4 Å². The van der Waals surface area contributed by atoms with Crippen molar-refractivity contribution in [3.8, 4) is 5.75 Å². The van der Waals surface area contributed by atoms with Gasteiger partial charge < -0.3 is 10.0 Å². The molecule has 0 spiro atoms. The van der Waals surface area contributed by atoms with E-state index in [2.05, 4.69) is 65.4 Å². The number of aromatic nitrogens is 1. The molecule has 1 N–H and O–H groups in total. The van der Waals surface area contributed by atoms with Crippen LogP contribution in [0.2, 0.25) is 0 Å². The molecule has 1 saturated heterocycles. The lowest BCUT2D eigenvalue weighted by Crippen LogP contribution is -2.59. The van der Waals surface area contributed by atoms with E-state index in [1.165, 1.54) is 28.3 Å². The summed E-state index contributed by atoms with van der Waals surface area (Å²) in [5.41, 5.74) is 4.43. The van der Waals surface area contributed by atoms with E-state index in [1.54, 1.807) is 10.9 Å². The van der Waals surface area contributed by atoms with Gasteiger partial charge in [-0.15, -0.1) is 0 Å². The predicted octanol–water partition coefficient (Wildman–Crippen LogP) is 3.23. The van der Waals surface area contributed by atoms with Gasteiger partial charge in [-0.2, -0.15) is 11.8 Å². The number of nitrogens with zero attached hydrogens (tertiary/aromatic N) is 4. The molecule has 6 rings (SSSR count). The highest BCUT2D eigenvalue weighted by atomic mass is 32.2. The number of aromatic hydroxyl groups is 1. The minimum atomic E-state index is -0.538. The molecule has 1 aliphatic carbocycles. The molecule has 0 saturated carbocycles. The summed E-state index contributed by atoms with van der Waals surface area (Å²) in [4.78, 5) is 30.5. The van der Waals surface area contributed by atoms with Crippen LogP contribution in [-0.4, -0.2) is 69.3 Å². The minimum Gasteiger partial charge on any atom is -0.502 e. The normalized spacial score (nSPS) is 19.1. The Kier molecular flexibility index (Phi) is 6.46. The molecular weight excluding hydrogens is 484 g/mol. The second-order valence-corrected chi connectivity index (χ2v) is 11.4. The number of fused-ring (bicyclic) bond motifs is 3. The Bertz CT molecular complexity index is 1340. The minimum absolute atomic E-state index is 0.0407. The third kappa shape index (κ3) is 4.32. The zero-order chi connectivity index (χ0) is 25.5. The average molecular weight is 517 g/mol. The molecule has 2 aliphatic heterocycles. The average Bonchev–Trinajstić information content (AvgIpc) is 3.08. The third-order valence-corrected chi connectivity index (χ3v) is 8.85. The zero-order valence-corrected chi connectivity index (χ0v) is 21.9. The molecule has 8 heteroatoms. The van der Waals surface area contributed by atoms with Crippen molar-refractivity contribution < 1.29 is 9.90 Å². The number of benzene rings is 2. The van der Waals surface area contributed by atoms with Crippen LogP contribution in [0.1, 0.15) is 45.7 Å². The van der Waals surface area contributed by atoms with Gasteiger partial charge in [0.05, 0.1) is 6.04 Å². The van der Waals surface area contributed by atoms with Gasteiger partial charge in [-0.25, -0.2) is 0 Å². The summed E-state index contributed by atoms with van der Waals surface area (Å²) in [6, 6.07) is 18.1. The summed E-state index contributed by atoms with van der Waals surface area (Å²) in [6.45, 7) is 5.19. The fourth-order valence-corrected chi connectivity index (χ4v) is 6.95. The monoisotopic (exact) mass is 516 g/mol. The topological polar surface area (TPSA) is 69.0 Å². The van der Waals surface area contributed by atoms with Crippen molar-refractivity contribution in [2.75, 3.05) is 42.8 Å². The molecule has 1 amide bonds. The van der Waals surface area contributed by atoms with Gasteiger partial charge in [0.25, 0.3) is 5.91 Å². The van der Waals surface area contributed by atoms with Crippen LogP contribution in [0, 0.1) is 0 Å². The van der Waals surface area contributed by atoms with Gasteiger partial charge in [0, 0.05) is 49.4 Å². The first-order chi connectivity index (χ1) is 18.0. The quantitative estimate of drug-likeness (QED) is 0.574. The molecule has 0 radical (unpaired) electrons. The van der Waals surface area contributed by atoms with Crippen molar-refractivity contribution in [3.63, 3.8) is 0 Å².